The molecule has 1 aromatic carbocycles. The summed E-state index contributed by atoms with van der Waals surface area (Å²) in [6.45, 7) is 0.965. The predicted molar refractivity (Wildman–Crippen MR) is 69.0 cm³/mol. The molecule has 120 valence electrons. The first-order chi connectivity index (χ1) is 9.80. The molecule has 7 heteroatoms. The highest BCUT2D eigenvalue weighted by atomic mass is 19.4. The summed E-state index contributed by atoms with van der Waals surface area (Å²) in [5.74, 6) is -1.43. The maximum Gasteiger partial charge on any atom is 0.411 e. The van der Waals surface area contributed by atoms with Crippen molar-refractivity contribution >= 4 is 0 Å². The summed E-state index contributed by atoms with van der Waals surface area (Å²) in [6, 6.07) is 2.63. The van der Waals surface area contributed by atoms with Crippen molar-refractivity contribution in [2.75, 3.05) is 19.8 Å². The van der Waals surface area contributed by atoms with E-state index in [1.54, 1.807) is 0 Å². The van der Waals surface area contributed by atoms with Crippen molar-refractivity contribution in [3.05, 3.63) is 35.4 Å². The molecule has 0 saturated carbocycles. The molecule has 0 heterocycles. The molecular weight excluding hydrogens is 293 g/mol. The molecule has 1 rings (SSSR count). The van der Waals surface area contributed by atoms with Gasteiger partial charge in [0.05, 0.1) is 6.61 Å². The number of ether oxygens (including phenoxy) is 1. The van der Waals surface area contributed by atoms with Crippen LogP contribution in [0, 0.1) is 11.6 Å². The predicted octanol–water partition coefficient (Wildman–Crippen LogP) is 3.45. The van der Waals surface area contributed by atoms with Crippen molar-refractivity contribution in [3.8, 4) is 0 Å². The molecule has 2 nitrogen and oxygen atoms in total. The zero-order valence-corrected chi connectivity index (χ0v) is 11.6. The van der Waals surface area contributed by atoms with Gasteiger partial charge in [-0.05, 0) is 37.1 Å². The molecule has 0 aliphatic carbocycles. The van der Waals surface area contributed by atoms with Crippen LogP contribution in [0.5, 0.6) is 0 Å². The highest BCUT2D eigenvalue weighted by molar-refractivity contribution is 5.19. The van der Waals surface area contributed by atoms with E-state index in [2.05, 4.69) is 10.1 Å². The summed E-state index contributed by atoms with van der Waals surface area (Å²) in [5.41, 5.74) is 0.372. The van der Waals surface area contributed by atoms with E-state index in [4.69, 9.17) is 0 Å². The van der Waals surface area contributed by atoms with Crippen LogP contribution in [0.3, 0.4) is 0 Å². The summed E-state index contributed by atoms with van der Waals surface area (Å²) < 4.78 is 67.0. The topological polar surface area (TPSA) is 21.3 Å². The number of hydrogen-bond donors (Lipinski definition) is 1. The summed E-state index contributed by atoms with van der Waals surface area (Å²) in [4.78, 5) is 0. The summed E-state index contributed by atoms with van der Waals surface area (Å²) >= 11 is 0. The largest absolute Gasteiger partial charge is 0.411 e. The third kappa shape index (κ3) is 7.96. The van der Waals surface area contributed by atoms with Crippen molar-refractivity contribution in [2.24, 2.45) is 0 Å². The summed E-state index contributed by atoms with van der Waals surface area (Å²) in [6.07, 6.45) is -3.42. The SMILES string of the molecule is CCCNC(COCC(F)(F)F)Cc1cc(F)cc(F)c1. The molecule has 1 unspecified atom stereocenters. The first-order valence-electron chi connectivity index (χ1n) is 6.63. The van der Waals surface area contributed by atoms with Gasteiger partial charge in [0.25, 0.3) is 0 Å². The zero-order chi connectivity index (χ0) is 15.9. The van der Waals surface area contributed by atoms with Crippen LogP contribution in [0.1, 0.15) is 18.9 Å². The molecule has 1 atom stereocenters. The number of halogens is 5. The number of benzene rings is 1. The third-order valence-electron chi connectivity index (χ3n) is 2.67. The smallest absolute Gasteiger partial charge is 0.370 e. The van der Waals surface area contributed by atoms with Crippen molar-refractivity contribution in [2.45, 2.75) is 32.0 Å². The fourth-order valence-corrected chi connectivity index (χ4v) is 1.87. The standard InChI is InChI=1S/C14H18F5NO/c1-2-3-20-13(8-21-9-14(17,18)19)6-10-4-11(15)7-12(16)5-10/h4-5,7,13,20H,2-3,6,8-9H2,1H3. The molecule has 0 spiro atoms. The van der Waals surface area contributed by atoms with E-state index in [1.165, 1.54) is 0 Å². The lowest BCUT2D eigenvalue weighted by atomic mass is 10.1. The second-order valence-electron chi connectivity index (χ2n) is 4.76. The Labute approximate surface area is 120 Å². The lowest BCUT2D eigenvalue weighted by Crippen LogP contribution is -2.37. The van der Waals surface area contributed by atoms with Gasteiger partial charge in [0.1, 0.15) is 18.2 Å². The van der Waals surface area contributed by atoms with Gasteiger partial charge in [0, 0.05) is 12.1 Å². The highest BCUT2D eigenvalue weighted by Gasteiger charge is 2.27. The van der Waals surface area contributed by atoms with Crippen molar-refractivity contribution in [1.82, 2.24) is 5.32 Å². The van der Waals surface area contributed by atoms with Crippen LogP contribution in [0.4, 0.5) is 22.0 Å². The van der Waals surface area contributed by atoms with E-state index in [-0.39, 0.29) is 13.0 Å². The molecule has 21 heavy (non-hydrogen) atoms. The third-order valence-corrected chi connectivity index (χ3v) is 2.67. The van der Waals surface area contributed by atoms with E-state index in [9.17, 15) is 22.0 Å². The highest BCUT2D eigenvalue weighted by Crippen LogP contribution is 2.15. The number of rotatable bonds is 8. The minimum atomic E-state index is -4.39. The van der Waals surface area contributed by atoms with Crippen molar-refractivity contribution < 1.29 is 26.7 Å². The molecule has 0 fully saturated rings. The number of nitrogens with one attached hydrogen (secondary N) is 1. The van der Waals surface area contributed by atoms with Crippen molar-refractivity contribution in [1.29, 1.82) is 0 Å². The Kier molecular flexibility index (Phi) is 7.04. The summed E-state index contributed by atoms with van der Waals surface area (Å²) in [5, 5.41) is 3.01. The van der Waals surface area contributed by atoms with E-state index in [1.807, 2.05) is 6.92 Å². The molecule has 1 N–H and O–H groups in total. The second kappa shape index (κ2) is 8.29. The Balaban J connectivity index is 2.59. The Morgan fingerprint density at radius 1 is 1.14 bits per heavy atom. The molecule has 0 amide bonds. The first-order valence-corrected chi connectivity index (χ1v) is 6.63. The maximum atomic E-state index is 13.1. The molecule has 0 bridgehead atoms. The van der Waals surface area contributed by atoms with Gasteiger partial charge in [-0.1, -0.05) is 6.92 Å². The minimum absolute atomic E-state index is 0.183. The van der Waals surface area contributed by atoms with Crippen LogP contribution >= 0.6 is 0 Å². The van der Waals surface area contributed by atoms with Crippen molar-refractivity contribution in [3.63, 3.8) is 0 Å². The average Bonchev–Trinajstić information content (AvgIpc) is 2.32. The molecule has 0 saturated heterocycles. The molecule has 0 aromatic heterocycles. The van der Waals surface area contributed by atoms with Crippen LogP contribution in [-0.2, 0) is 11.2 Å². The van der Waals surface area contributed by atoms with E-state index in [0.29, 0.717) is 12.1 Å². The van der Waals surface area contributed by atoms with E-state index < -0.39 is 30.5 Å². The fourth-order valence-electron chi connectivity index (χ4n) is 1.87. The van der Waals surface area contributed by atoms with E-state index in [0.717, 1.165) is 24.6 Å². The van der Waals surface area contributed by atoms with Gasteiger partial charge in [-0.15, -0.1) is 0 Å². The second-order valence-corrected chi connectivity index (χ2v) is 4.76. The Bertz CT molecular complexity index is 416. The molecular formula is C14H18F5NO. The van der Waals surface area contributed by atoms with Gasteiger partial charge in [-0.3, -0.25) is 0 Å². The Hall–Kier alpha value is -1.21. The minimum Gasteiger partial charge on any atom is -0.370 e. The Morgan fingerprint density at radius 3 is 2.29 bits per heavy atom. The lowest BCUT2D eigenvalue weighted by molar-refractivity contribution is -0.175. The fraction of sp³-hybridized carbons (Fsp3) is 0.571. The maximum absolute atomic E-state index is 13.1. The quantitative estimate of drug-likeness (QED) is 0.743. The van der Waals surface area contributed by atoms with Gasteiger partial charge in [0.15, 0.2) is 0 Å². The summed E-state index contributed by atoms with van der Waals surface area (Å²) in [7, 11) is 0. The molecule has 0 radical (unpaired) electrons. The monoisotopic (exact) mass is 311 g/mol. The molecule has 0 aliphatic rings. The van der Waals surface area contributed by atoms with Crippen LogP contribution in [0.2, 0.25) is 0 Å². The van der Waals surface area contributed by atoms with Gasteiger partial charge in [0.2, 0.25) is 0 Å². The van der Waals surface area contributed by atoms with Gasteiger partial charge >= 0.3 is 6.18 Å². The van der Waals surface area contributed by atoms with Crippen LogP contribution in [0.25, 0.3) is 0 Å². The Morgan fingerprint density at radius 2 is 1.76 bits per heavy atom. The molecule has 1 aromatic rings. The number of alkyl halides is 3. The normalized spacial score (nSPS) is 13.4. The number of hydrogen-bond acceptors (Lipinski definition) is 2. The van der Waals surface area contributed by atoms with Gasteiger partial charge in [-0.25, -0.2) is 8.78 Å². The first kappa shape index (κ1) is 17.8. The van der Waals surface area contributed by atoms with E-state index >= 15 is 0 Å². The lowest BCUT2D eigenvalue weighted by Gasteiger charge is -2.19. The van der Waals surface area contributed by atoms with Gasteiger partial charge in [-0.2, -0.15) is 13.2 Å². The van der Waals surface area contributed by atoms with Gasteiger partial charge < -0.3 is 10.1 Å². The van der Waals surface area contributed by atoms with Crippen LogP contribution in [-0.4, -0.2) is 32.0 Å². The van der Waals surface area contributed by atoms with Crippen LogP contribution < -0.4 is 5.32 Å². The molecule has 0 aliphatic heterocycles. The average molecular weight is 311 g/mol. The zero-order valence-electron chi connectivity index (χ0n) is 11.6. The van der Waals surface area contributed by atoms with Crippen LogP contribution in [0.15, 0.2) is 18.2 Å².